The minimum Gasteiger partial charge on any atom is -0.338 e. The van der Waals surface area contributed by atoms with Crippen LogP contribution in [0.4, 0.5) is 5.95 Å². The number of likely N-dealkylation sites (N-methyl/N-ethyl adjacent to an activating group) is 1. The maximum absolute atomic E-state index is 11.8. The van der Waals surface area contributed by atoms with Crippen molar-refractivity contribution in [3.63, 3.8) is 0 Å². The minimum atomic E-state index is -3.17. The van der Waals surface area contributed by atoms with E-state index in [1.54, 1.807) is 4.80 Å². The summed E-state index contributed by atoms with van der Waals surface area (Å²) in [5.74, 6) is 2.06. The van der Waals surface area contributed by atoms with Gasteiger partial charge in [-0.25, -0.2) is 8.42 Å². The van der Waals surface area contributed by atoms with Crippen LogP contribution in [0.25, 0.3) is 0 Å². The van der Waals surface area contributed by atoms with Crippen LogP contribution in [-0.2, 0) is 34.4 Å². The second kappa shape index (κ2) is 11.6. The van der Waals surface area contributed by atoms with Gasteiger partial charge in [0.15, 0.2) is 5.75 Å². The fourth-order valence-electron chi connectivity index (χ4n) is 4.55. The molecule has 1 aromatic carbocycles. The predicted octanol–water partition coefficient (Wildman–Crippen LogP) is 1.56. The van der Waals surface area contributed by atoms with Crippen LogP contribution >= 0.6 is 0 Å². The number of hydrogen-bond acceptors (Lipinski definition) is 9. The Kier molecular flexibility index (Phi) is 8.58. The van der Waals surface area contributed by atoms with E-state index < -0.39 is 10.0 Å². The van der Waals surface area contributed by atoms with Gasteiger partial charge in [0.05, 0.1) is 19.4 Å². The summed E-state index contributed by atoms with van der Waals surface area (Å²) in [5, 5.41) is 12.9. The molecule has 0 bridgehead atoms. The molecule has 0 radical (unpaired) electrons. The molecule has 0 N–H and O–H groups in total. The zero-order chi connectivity index (χ0) is 24.8. The molecular weight excluding hydrogens is 470 g/mol. The van der Waals surface area contributed by atoms with E-state index >= 15 is 0 Å². The summed E-state index contributed by atoms with van der Waals surface area (Å²) >= 11 is 0. The number of benzene rings is 1. The molecule has 0 amide bonds. The second-order valence-electron chi connectivity index (χ2n) is 9.74. The Labute approximate surface area is 207 Å². The number of sulfonamides is 1. The highest BCUT2D eigenvalue weighted by Gasteiger charge is 2.24. The Hall–Kier alpha value is -2.28. The Bertz CT molecular complexity index is 1070. The van der Waals surface area contributed by atoms with Gasteiger partial charge in [-0.2, -0.15) is 14.0 Å². The molecular formula is C23H37N7O4S. The summed E-state index contributed by atoms with van der Waals surface area (Å²) < 4.78 is 25.0. The topological polar surface area (TPSA) is 106 Å². The standard InChI is InChI=1S/C23H37N7O4S/c1-27(2)14-15-30-25-23(24-26-30)28-11-8-19(9-12-28)5-4-16-33-34-22-7-6-21-18-29(35(3,31)32)13-10-20(21)17-22/h6-7,17,19H,4-5,8-16,18H2,1-3H3. The second-order valence-corrected chi connectivity index (χ2v) is 11.7. The normalized spacial score (nSPS) is 17.7. The third-order valence-corrected chi connectivity index (χ3v) is 7.96. The molecule has 35 heavy (non-hydrogen) atoms. The van der Waals surface area contributed by atoms with Crippen LogP contribution in [0.3, 0.4) is 0 Å². The van der Waals surface area contributed by atoms with Crippen LogP contribution in [0.5, 0.6) is 5.75 Å². The van der Waals surface area contributed by atoms with Crippen LogP contribution in [0, 0.1) is 5.92 Å². The van der Waals surface area contributed by atoms with Gasteiger partial charge in [-0.1, -0.05) is 11.2 Å². The lowest BCUT2D eigenvalue weighted by Gasteiger charge is -2.30. The molecule has 1 aromatic heterocycles. The van der Waals surface area contributed by atoms with E-state index in [0.717, 1.165) is 68.9 Å². The molecule has 0 spiro atoms. The lowest BCUT2D eigenvalue weighted by molar-refractivity contribution is -0.207. The summed E-state index contributed by atoms with van der Waals surface area (Å²) in [6, 6.07) is 5.72. The predicted molar refractivity (Wildman–Crippen MR) is 133 cm³/mol. The van der Waals surface area contributed by atoms with Gasteiger partial charge in [-0.3, -0.25) is 0 Å². The smallest absolute Gasteiger partial charge is 0.266 e. The van der Waals surface area contributed by atoms with Crippen molar-refractivity contribution in [3.05, 3.63) is 29.3 Å². The van der Waals surface area contributed by atoms with Crippen LogP contribution in [0.2, 0.25) is 0 Å². The van der Waals surface area contributed by atoms with Crippen molar-refractivity contribution in [2.24, 2.45) is 5.92 Å². The van der Waals surface area contributed by atoms with Crippen LogP contribution < -0.4 is 9.79 Å². The van der Waals surface area contributed by atoms with Crippen LogP contribution in [-0.4, -0.2) is 91.0 Å². The van der Waals surface area contributed by atoms with Gasteiger partial charge in [0.2, 0.25) is 10.0 Å². The number of nitrogens with zero attached hydrogens (tertiary/aromatic N) is 7. The van der Waals surface area contributed by atoms with Gasteiger partial charge < -0.3 is 14.7 Å². The number of aromatic nitrogens is 4. The molecule has 0 aliphatic carbocycles. The molecule has 0 saturated carbocycles. The van der Waals surface area contributed by atoms with Crippen molar-refractivity contribution >= 4 is 16.0 Å². The van der Waals surface area contributed by atoms with Crippen LogP contribution in [0.15, 0.2) is 18.2 Å². The quantitative estimate of drug-likeness (QED) is 0.254. The Balaban J connectivity index is 1.12. The molecule has 0 unspecified atom stereocenters. The molecule has 11 nitrogen and oxygen atoms in total. The van der Waals surface area contributed by atoms with E-state index in [1.807, 2.05) is 32.3 Å². The Morgan fingerprint density at radius 3 is 2.69 bits per heavy atom. The van der Waals surface area contributed by atoms with E-state index in [2.05, 4.69) is 25.2 Å². The zero-order valence-electron chi connectivity index (χ0n) is 21.0. The largest absolute Gasteiger partial charge is 0.338 e. The zero-order valence-corrected chi connectivity index (χ0v) is 21.8. The third-order valence-electron chi connectivity index (χ3n) is 6.71. The van der Waals surface area contributed by atoms with Crippen molar-refractivity contribution in [2.45, 2.75) is 45.2 Å². The lowest BCUT2D eigenvalue weighted by atomic mass is 9.92. The Morgan fingerprint density at radius 2 is 1.94 bits per heavy atom. The van der Waals surface area contributed by atoms with Crippen molar-refractivity contribution < 1.29 is 18.2 Å². The molecule has 0 atom stereocenters. The maximum Gasteiger partial charge on any atom is 0.266 e. The highest BCUT2D eigenvalue weighted by Crippen LogP contribution is 2.26. The summed E-state index contributed by atoms with van der Waals surface area (Å²) in [6.07, 6.45) is 6.21. The van der Waals surface area contributed by atoms with Crippen molar-refractivity contribution in [2.75, 3.05) is 58.0 Å². The van der Waals surface area contributed by atoms with E-state index in [1.165, 1.54) is 10.6 Å². The molecule has 1 saturated heterocycles. The molecule has 12 heteroatoms. The number of tetrazole rings is 1. The lowest BCUT2D eigenvalue weighted by Crippen LogP contribution is -2.35. The van der Waals surface area contributed by atoms with Crippen molar-refractivity contribution in [1.29, 1.82) is 0 Å². The third kappa shape index (κ3) is 7.35. The van der Waals surface area contributed by atoms with Gasteiger partial charge in [-0.15, -0.1) is 5.10 Å². The number of rotatable bonds is 11. The van der Waals surface area contributed by atoms with E-state index in [-0.39, 0.29) is 0 Å². The number of fused-ring (bicyclic) bond motifs is 1. The van der Waals surface area contributed by atoms with Crippen LogP contribution in [0.1, 0.15) is 36.8 Å². The molecule has 2 aliphatic heterocycles. The highest BCUT2D eigenvalue weighted by molar-refractivity contribution is 7.88. The first kappa shape index (κ1) is 25.8. The number of hydrogen-bond donors (Lipinski definition) is 0. The summed E-state index contributed by atoms with van der Waals surface area (Å²) in [7, 11) is 0.900. The van der Waals surface area contributed by atoms with Crippen molar-refractivity contribution in [1.82, 2.24) is 29.4 Å². The first-order valence-corrected chi connectivity index (χ1v) is 14.2. The van der Waals surface area contributed by atoms with Gasteiger partial charge in [-0.05, 0) is 80.6 Å². The van der Waals surface area contributed by atoms with E-state index in [0.29, 0.717) is 37.8 Å². The Morgan fingerprint density at radius 1 is 1.14 bits per heavy atom. The number of piperidine rings is 1. The van der Waals surface area contributed by atoms with Gasteiger partial charge in [0.25, 0.3) is 5.95 Å². The van der Waals surface area contributed by atoms with E-state index in [9.17, 15) is 8.42 Å². The van der Waals surface area contributed by atoms with Gasteiger partial charge in [0, 0.05) is 32.7 Å². The minimum absolute atomic E-state index is 0.416. The van der Waals surface area contributed by atoms with Gasteiger partial charge in [0.1, 0.15) is 0 Å². The monoisotopic (exact) mass is 507 g/mol. The molecule has 3 heterocycles. The number of anilines is 1. The average molecular weight is 508 g/mol. The average Bonchev–Trinajstić information content (AvgIpc) is 3.31. The molecule has 4 rings (SSSR count). The van der Waals surface area contributed by atoms with E-state index in [4.69, 9.17) is 9.78 Å². The highest BCUT2D eigenvalue weighted by atomic mass is 32.2. The van der Waals surface area contributed by atoms with Crippen molar-refractivity contribution in [3.8, 4) is 5.75 Å². The molecule has 2 aliphatic rings. The van der Waals surface area contributed by atoms with Gasteiger partial charge >= 0.3 is 0 Å². The molecule has 2 aromatic rings. The molecule has 1 fully saturated rings. The summed E-state index contributed by atoms with van der Waals surface area (Å²) in [6.45, 7) is 4.99. The SMILES string of the molecule is CN(C)CCn1nnc(N2CCC(CCCOOc3ccc4c(c3)CCN(S(C)(=O)=O)C4)CC2)n1. The fraction of sp³-hybridized carbons (Fsp3) is 0.696. The maximum atomic E-state index is 11.8. The first-order valence-electron chi connectivity index (χ1n) is 12.3. The molecule has 194 valence electrons. The first-order chi connectivity index (χ1) is 16.8. The summed E-state index contributed by atoms with van der Waals surface area (Å²) in [5.41, 5.74) is 2.14. The fourth-order valence-corrected chi connectivity index (χ4v) is 5.34. The summed E-state index contributed by atoms with van der Waals surface area (Å²) in [4.78, 5) is 17.0.